The van der Waals surface area contributed by atoms with Gasteiger partial charge in [0.15, 0.2) is 0 Å². The summed E-state index contributed by atoms with van der Waals surface area (Å²) in [6.45, 7) is 3.35. The number of nitrogens with one attached hydrogen (secondary N) is 1. The molecule has 0 spiro atoms. The molecule has 14 heavy (non-hydrogen) atoms. The van der Waals surface area contributed by atoms with E-state index < -0.39 is 17.0 Å². The minimum Gasteiger partial charge on any atom is -0.481 e. The van der Waals surface area contributed by atoms with E-state index >= 15 is 0 Å². The zero-order chi connectivity index (χ0) is 10.4. The van der Waals surface area contributed by atoms with Gasteiger partial charge in [0.2, 0.25) is 0 Å². The Hall–Kier alpha value is -0.610. The average molecular weight is 199 g/mol. The third-order valence-electron chi connectivity index (χ3n) is 3.95. The molecule has 0 aromatic rings. The lowest BCUT2D eigenvalue weighted by Crippen LogP contribution is -2.52. The highest BCUT2D eigenvalue weighted by atomic mass is 16.4. The summed E-state index contributed by atoms with van der Waals surface area (Å²) in [6, 6.07) is 0. The third-order valence-corrected chi connectivity index (χ3v) is 3.95. The summed E-state index contributed by atoms with van der Waals surface area (Å²) < 4.78 is 0. The van der Waals surface area contributed by atoms with Crippen LogP contribution in [0.4, 0.5) is 0 Å². The fraction of sp³-hybridized carbons (Fsp3) is 0.900. The van der Waals surface area contributed by atoms with Crippen molar-refractivity contribution in [2.24, 2.45) is 11.3 Å². The molecule has 2 aliphatic rings. The second kappa shape index (κ2) is 2.94. The number of piperidine rings is 1. The zero-order valence-corrected chi connectivity index (χ0v) is 8.42. The summed E-state index contributed by atoms with van der Waals surface area (Å²) in [5.41, 5.74) is -1.83. The highest BCUT2D eigenvalue weighted by Crippen LogP contribution is 2.61. The van der Waals surface area contributed by atoms with E-state index in [1.165, 1.54) is 0 Å². The largest absolute Gasteiger partial charge is 0.481 e. The Labute approximate surface area is 83.3 Å². The van der Waals surface area contributed by atoms with E-state index in [1.807, 2.05) is 6.92 Å². The molecule has 0 aromatic carbocycles. The van der Waals surface area contributed by atoms with E-state index in [-0.39, 0.29) is 5.92 Å². The van der Waals surface area contributed by atoms with Crippen LogP contribution in [0.1, 0.15) is 26.2 Å². The Kier molecular flexibility index (Phi) is 2.08. The van der Waals surface area contributed by atoms with Gasteiger partial charge < -0.3 is 15.5 Å². The van der Waals surface area contributed by atoms with E-state index in [0.717, 1.165) is 13.1 Å². The molecule has 2 atom stereocenters. The van der Waals surface area contributed by atoms with E-state index in [4.69, 9.17) is 0 Å². The second-order valence-electron chi connectivity index (χ2n) is 4.66. The van der Waals surface area contributed by atoms with Crippen LogP contribution >= 0.6 is 0 Å². The summed E-state index contributed by atoms with van der Waals surface area (Å²) in [5, 5.41) is 22.7. The van der Waals surface area contributed by atoms with Crippen molar-refractivity contribution in [1.29, 1.82) is 0 Å². The molecule has 1 saturated heterocycles. The molecule has 1 heterocycles. The molecule has 0 aromatic heterocycles. The standard InChI is InChI=1S/C10H17NO3/c1-7-6-10(7,8(12)13)9(14)2-4-11-5-3-9/h7,11,14H,2-6H2,1H3,(H,12,13). The number of aliphatic hydroxyl groups is 1. The van der Waals surface area contributed by atoms with Gasteiger partial charge in [-0.05, 0) is 38.3 Å². The second-order valence-corrected chi connectivity index (χ2v) is 4.66. The first-order valence-corrected chi connectivity index (χ1v) is 5.19. The third kappa shape index (κ3) is 1.10. The van der Waals surface area contributed by atoms with Gasteiger partial charge in [-0.3, -0.25) is 4.79 Å². The SMILES string of the molecule is CC1CC1(C(=O)O)C1(O)CCNCC1. The van der Waals surface area contributed by atoms with Crippen LogP contribution in [0, 0.1) is 11.3 Å². The molecule has 2 unspecified atom stereocenters. The lowest BCUT2D eigenvalue weighted by molar-refractivity contribution is -0.160. The molecule has 4 nitrogen and oxygen atoms in total. The van der Waals surface area contributed by atoms with Crippen molar-refractivity contribution < 1.29 is 15.0 Å². The Morgan fingerprint density at radius 2 is 1.93 bits per heavy atom. The summed E-state index contributed by atoms with van der Waals surface area (Å²) in [5.74, 6) is -0.711. The van der Waals surface area contributed by atoms with Gasteiger partial charge in [-0.15, -0.1) is 0 Å². The molecule has 1 aliphatic carbocycles. The molecule has 3 N–H and O–H groups in total. The number of hydrogen-bond donors (Lipinski definition) is 3. The Morgan fingerprint density at radius 3 is 2.29 bits per heavy atom. The smallest absolute Gasteiger partial charge is 0.312 e. The quantitative estimate of drug-likeness (QED) is 0.594. The van der Waals surface area contributed by atoms with Gasteiger partial charge in [-0.2, -0.15) is 0 Å². The molecule has 0 bridgehead atoms. The van der Waals surface area contributed by atoms with E-state index in [1.54, 1.807) is 0 Å². The monoisotopic (exact) mass is 199 g/mol. The topological polar surface area (TPSA) is 69.6 Å². The first kappa shape index (κ1) is 9.93. The molecule has 1 saturated carbocycles. The van der Waals surface area contributed by atoms with Crippen LogP contribution in [0.3, 0.4) is 0 Å². The van der Waals surface area contributed by atoms with Crippen molar-refractivity contribution in [1.82, 2.24) is 5.32 Å². The van der Waals surface area contributed by atoms with Crippen LogP contribution in [-0.4, -0.2) is 34.9 Å². The van der Waals surface area contributed by atoms with E-state index in [0.29, 0.717) is 19.3 Å². The number of carbonyl (C=O) groups is 1. The molecule has 0 radical (unpaired) electrons. The minimum absolute atomic E-state index is 0.114. The van der Waals surface area contributed by atoms with Gasteiger partial charge >= 0.3 is 5.97 Å². The normalized spacial score (nSPS) is 40.6. The van der Waals surface area contributed by atoms with Crippen molar-refractivity contribution in [2.45, 2.75) is 31.8 Å². The number of rotatable bonds is 2. The maximum Gasteiger partial charge on any atom is 0.312 e. The average Bonchev–Trinajstić information content (AvgIpc) is 2.80. The summed E-state index contributed by atoms with van der Waals surface area (Å²) >= 11 is 0. The highest BCUT2D eigenvalue weighted by molar-refractivity contribution is 5.80. The van der Waals surface area contributed by atoms with Gasteiger partial charge in [0.1, 0.15) is 0 Å². The minimum atomic E-state index is -0.983. The summed E-state index contributed by atoms with van der Waals surface area (Å²) in [7, 11) is 0. The van der Waals surface area contributed by atoms with Gasteiger partial charge in [0.05, 0.1) is 11.0 Å². The van der Waals surface area contributed by atoms with Crippen molar-refractivity contribution >= 4 is 5.97 Å². The number of aliphatic carboxylic acids is 1. The fourth-order valence-electron chi connectivity index (χ4n) is 2.86. The molecule has 80 valence electrons. The van der Waals surface area contributed by atoms with Crippen molar-refractivity contribution in [2.75, 3.05) is 13.1 Å². The lowest BCUT2D eigenvalue weighted by atomic mass is 9.76. The van der Waals surface area contributed by atoms with E-state index in [9.17, 15) is 15.0 Å². The fourth-order valence-corrected chi connectivity index (χ4v) is 2.86. The molecule has 2 rings (SSSR count). The van der Waals surface area contributed by atoms with Crippen molar-refractivity contribution in [3.63, 3.8) is 0 Å². The molecular formula is C10H17NO3. The van der Waals surface area contributed by atoms with Crippen molar-refractivity contribution in [3.05, 3.63) is 0 Å². The number of carboxylic acid groups (broad SMARTS) is 1. The predicted octanol–water partition coefficient (Wildman–Crippen LogP) is 0.212. The maximum atomic E-state index is 11.2. The Balaban J connectivity index is 2.23. The maximum absolute atomic E-state index is 11.2. The van der Waals surface area contributed by atoms with Gasteiger partial charge in [-0.1, -0.05) is 6.92 Å². The Bertz CT molecular complexity index is 260. The van der Waals surface area contributed by atoms with E-state index in [2.05, 4.69) is 5.32 Å². The summed E-state index contributed by atoms with van der Waals surface area (Å²) in [6.07, 6.45) is 1.74. The van der Waals surface area contributed by atoms with Crippen LogP contribution in [-0.2, 0) is 4.79 Å². The van der Waals surface area contributed by atoms with Gasteiger partial charge in [0.25, 0.3) is 0 Å². The molecular weight excluding hydrogens is 182 g/mol. The molecule has 4 heteroatoms. The Morgan fingerprint density at radius 1 is 1.43 bits per heavy atom. The van der Waals surface area contributed by atoms with Crippen LogP contribution in [0.15, 0.2) is 0 Å². The molecule has 2 fully saturated rings. The summed E-state index contributed by atoms with van der Waals surface area (Å²) in [4.78, 5) is 11.2. The van der Waals surface area contributed by atoms with Crippen LogP contribution < -0.4 is 5.32 Å². The first-order chi connectivity index (χ1) is 6.53. The highest BCUT2D eigenvalue weighted by Gasteiger charge is 2.69. The predicted molar refractivity (Wildman–Crippen MR) is 50.9 cm³/mol. The van der Waals surface area contributed by atoms with Gasteiger partial charge in [-0.25, -0.2) is 0 Å². The number of hydrogen-bond acceptors (Lipinski definition) is 3. The number of carboxylic acids is 1. The zero-order valence-electron chi connectivity index (χ0n) is 8.42. The van der Waals surface area contributed by atoms with Gasteiger partial charge in [0, 0.05) is 0 Å². The van der Waals surface area contributed by atoms with Crippen LogP contribution in [0.25, 0.3) is 0 Å². The van der Waals surface area contributed by atoms with Crippen LogP contribution in [0.2, 0.25) is 0 Å². The molecule has 1 aliphatic heterocycles. The lowest BCUT2D eigenvalue weighted by Gasteiger charge is -2.38. The van der Waals surface area contributed by atoms with Crippen LogP contribution in [0.5, 0.6) is 0 Å². The molecule has 0 amide bonds. The van der Waals surface area contributed by atoms with Crippen molar-refractivity contribution in [3.8, 4) is 0 Å². The first-order valence-electron chi connectivity index (χ1n) is 5.19.